The van der Waals surface area contributed by atoms with Gasteiger partial charge in [0.05, 0.1) is 42.2 Å². The van der Waals surface area contributed by atoms with Crippen molar-refractivity contribution in [3.63, 3.8) is 0 Å². The van der Waals surface area contributed by atoms with Gasteiger partial charge in [-0.05, 0) is 47.3 Å². The fourth-order valence-electron chi connectivity index (χ4n) is 3.58. The van der Waals surface area contributed by atoms with E-state index in [1.165, 1.54) is 17.1 Å². The standard InChI is InChI=1S/C14H11Cl2N3O.C10H11NO/c1-19-7-10(13-11(15)6-17-14(16)18-13)9-4-3-8(20-2)5-12(9)19;1-11-6-5-8-3-4-9(12-2)7-10(8)11/h3-7H,1-2H3;3-7H,1-2H3. The number of nitrogens with zero attached hydrogens (tertiary/aromatic N) is 4. The van der Waals surface area contributed by atoms with E-state index in [9.17, 15) is 0 Å². The van der Waals surface area contributed by atoms with Crippen molar-refractivity contribution >= 4 is 45.0 Å². The molecule has 5 aromatic rings. The predicted octanol–water partition coefficient (Wildman–Crippen LogP) is 6.14. The molecule has 0 aliphatic carbocycles. The highest BCUT2D eigenvalue weighted by molar-refractivity contribution is 6.34. The minimum absolute atomic E-state index is 0.176. The fraction of sp³-hybridized carbons (Fsp3) is 0.167. The summed E-state index contributed by atoms with van der Waals surface area (Å²) >= 11 is 12.0. The van der Waals surface area contributed by atoms with Crippen molar-refractivity contribution in [1.29, 1.82) is 0 Å². The summed E-state index contributed by atoms with van der Waals surface area (Å²) in [6, 6.07) is 14.0. The summed E-state index contributed by atoms with van der Waals surface area (Å²) < 4.78 is 14.5. The summed E-state index contributed by atoms with van der Waals surface area (Å²) in [5.74, 6) is 1.71. The second-order valence-electron chi connectivity index (χ2n) is 7.22. The number of halogens is 2. The minimum atomic E-state index is 0.176. The first-order valence-electron chi connectivity index (χ1n) is 9.82. The zero-order chi connectivity index (χ0) is 22.8. The molecule has 3 heterocycles. The van der Waals surface area contributed by atoms with Crippen molar-refractivity contribution in [3.05, 3.63) is 71.4 Å². The Balaban J connectivity index is 0.000000174. The average molecular weight is 469 g/mol. The Bertz CT molecular complexity index is 1410. The van der Waals surface area contributed by atoms with Gasteiger partial charge in [0.1, 0.15) is 11.5 Å². The second-order valence-corrected chi connectivity index (χ2v) is 7.97. The van der Waals surface area contributed by atoms with Crippen LogP contribution in [0, 0.1) is 0 Å². The molecular formula is C24H22Cl2N4O2. The maximum atomic E-state index is 6.18. The highest BCUT2D eigenvalue weighted by Gasteiger charge is 2.14. The first-order chi connectivity index (χ1) is 15.4. The molecule has 6 nitrogen and oxygen atoms in total. The van der Waals surface area contributed by atoms with E-state index in [2.05, 4.69) is 26.7 Å². The molecule has 2 aromatic carbocycles. The van der Waals surface area contributed by atoms with Gasteiger partial charge in [0.2, 0.25) is 5.28 Å². The Morgan fingerprint density at radius 1 is 0.844 bits per heavy atom. The molecule has 8 heteroatoms. The van der Waals surface area contributed by atoms with Gasteiger partial charge in [-0.2, -0.15) is 0 Å². The van der Waals surface area contributed by atoms with E-state index in [0.717, 1.165) is 28.0 Å². The molecule has 5 rings (SSSR count). The van der Waals surface area contributed by atoms with Gasteiger partial charge in [-0.25, -0.2) is 9.97 Å². The Kier molecular flexibility index (Phi) is 6.26. The van der Waals surface area contributed by atoms with Crippen LogP contribution in [0.4, 0.5) is 0 Å². The van der Waals surface area contributed by atoms with Crippen LogP contribution < -0.4 is 9.47 Å². The number of methoxy groups -OCH3 is 2. The van der Waals surface area contributed by atoms with Crippen LogP contribution in [0.2, 0.25) is 10.3 Å². The van der Waals surface area contributed by atoms with Crippen LogP contribution in [0.3, 0.4) is 0 Å². The Morgan fingerprint density at radius 2 is 1.53 bits per heavy atom. The van der Waals surface area contributed by atoms with E-state index in [1.54, 1.807) is 14.2 Å². The van der Waals surface area contributed by atoms with E-state index >= 15 is 0 Å². The predicted molar refractivity (Wildman–Crippen MR) is 130 cm³/mol. The quantitative estimate of drug-likeness (QED) is 0.298. The van der Waals surface area contributed by atoms with Crippen LogP contribution >= 0.6 is 23.2 Å². The summed E-state index contributed by atoms with van der Waals surface area (Å²) in [7, 11) is 7.32. The SMILES string of the molecule is COc1ccc2c(-c3nc(Cl)ncc3Cl)cn(C)c2c1.COc1ccc2ccn(C)c2c1. The number of hydrogen-bond acceptors (Lipinski definition) is 4. The Hall–Kier alpha value is -3.22. The van der Waals surface area contributed by atoms with Gasteiger partial charge < -0.3 is 18.6 Å². The molecule has 164 valence electrons. The van der Waals surface area contributed by atoms with Gasteiger partial charge in [0.15, 0.2) is 0 Å². The Morgan fingerprint density at radius 3 is 2.25 bits per heavy atom. The van der Waals surface area contributed by atoms with E-state index in [-0.39, 0.29) is 5.28 Å². The molecule has 0 saturated heterocycles. The smallest absolute Gasteiger partial charge is 0.222 e. The largest absolute Gasteiger partial charge is 0.497 e. The van der Waals surface area contributed by atoms with Crippen molar-refractivity contribution in [2.45, 2.75) is 0 Å². The van der Waals surface area contributed by atoms with Crippen LogP contribution in [0.25, 0.3) is 33.1 Å². The van der Waals surface area contributed by atoms with Crippen molar-refractivity contribution in [2.75, 3.05) is 14.2 Å². The minimum Gasteiger partial charge on any atom is -0.497 e. The number of rotatable bonds is 3. The number of fused-ring (bicyclic) bond motifs is 2. The van der Waals surface area contributed by atoms with Gasteiger partial charge in [-0.1, -0.05) is 11.6 Å². The van der Waals surface area contributed by atoms with Gasteiger partial charge in [-0.15, -0.1) is 0 Å². The molecular weight excluding hydrogens is 447 g/mol. The van der Waals surface area contributed by atoms with Crippen molar-refractivity contribution < 1.29 is 9.47 Å². The molecule has 3 aromatic heterocycles. The summed E-state index contributed by atoms with van der Waals surface area (Å²) in [6.45, 7) is 0. The fourth-order valence-corrected chi connectivity index (χ4v) is 3.91. The summed E-state index contributed by atoms with van der Waals surface area (Å²) in [5, 5.41) is 2.93. The van der Waals surface area contributed by atoms with Crippen LogP contribution in [-0.2, 0) is 14.1 Å². The summed E-state index contributed by atoms with van der Waals surface area (Å²) in [4.78, 5) is 8.10. The highest BCUT2D eigenvalue weighted by atomic mass is 35.5. The van der Waals surface area contributed by atoms with Crippen molar-refractivity contribution in [3.8, 4) is 22.8 Å². The van der Waals surface area contributed by atoms with Crippen molar-refractivity contribution in [1.82, 2.24) is 19.1 Å². The lowest BCUT2D eigenvalue weighted by molar-refractivity contribution is 0.415. The number of aromatic nitrogens is 4. The van der Waals surface area contributed by atoms with Crippen molar-refractivity contribution in [2.24, 2.45) is 14.1 Å². The molecule has 0 spiro atoms. The van der Waals surface area contributed by atoms with Gasteiger partial charge >= 0.3 is 0 Å². The molecule has 0 fully saturated rings. The molecule has 0 amide bonds. The monoisotopic (exact) mass is 468 g/mol. The topological polar surface area (TPSA) is 54.1 Å². The molecule has 0 aliphatic heterocycles. The summed E-state index contributed by atoms with van der Waals surface area (Å²) in [5.41, 5.74) is 3.78. The first kappa shape index (κ1) is 22.0. The maximum absolute atomic E-state index is 6.18. The zero-order valence-electron chi connectivity index (χ0n) is 18.1. The molecule has 0 radical (unpaired) electrons. The van der Waals surface area contributed by atoms with Crippen LogP contribution in [0.15, 0.2) is 61.1 Å². The van der Waals surface area contributed by atoms with Crippen LogP contribution in [0.5, 0.6) is 11.5 Å². The third kappa shape index (κ3) is 4.24. The molecule has 0 bridgehead atoms. The molecule has 0 unspecified atom stereocenters. The Labute approximate surface area is 195 Å². The average Bonchev–Trinajstić information content (AvgIpc) is 3.35. The van der Waals surface area contributed by atoms with Gasteiger partial charge in [0.25, 0.3) is 0 Å². The molecule has 0 atom stereocenters. The number of hydrogen-bond donors (Lipinski definition) is 0. The van der Waals surface area contributed by atoms with E-state index < -0.39 is 0 Å². The lowest BCUT2D eigenvalue weighted by Gasteiger charge is -2.03. The molecule has 32 heavy (non-hydrogen) atoms. The van der Waals surface area contributed by atoms with E-state index in [1.807, 2.05) is 61.4 Å². The second kappa shape index (κ2) is 9.10. The van der Waals surface area contributed by atoms with Crippen LogP contribution in [0.1, 0.15) is 0 Å². The lowest BCUT2D eigenvalue weighted by Crippen LogP contribution is -1.88. The number of aryl methyl sites for hydroxylation is 2. The lowest BCUT2D eigenvalue weighted by atomic mass is 10.1. The van der Waals surface area contributed by atoms with Gasteiger partial charge in [0, 0.05) is 49.6 Å². The molecule has 0 aliphatic rings. The normalized spacial score (nSPS) is 10.8. The third-order valence-corrected chi connectivity index (χ3v) is 5.72. The number of ether oxygens (including phenoxy) is 2. The highest BCUT2D eigenvalue weighted by Crippen LogP contribution is 2.35. The number of benzene rings is 2. The summed E-state index contributed by atoms with van der Waals surface area (Å²) in [6.07, 6.45) is 5.52. The first-order valence-corrected chi connectivity index (χ1v) is 10.6. The van der Waals surface area contributed by atoms with Crippen LogP contribution in [-0.4, -0.2) is 33.3 Å². The third-order valence-electron chi connectivity index (χ3n) is 5.26. The zero-order valence-corrected chi connectivity index (χ0v) is 19.6. The maximum Gasteiger partial charge on any atom is 0.222 e. The van der Waals surface area contributed by atoms with E-state index in [0.29, 0.717) is 10.7 Å². The molecule has 0 N–H and O–H groups in total. The van der Waals surface area contributed by atoms with Gasteiger partial charge in [-0.3, -0.25) is 0 Å². The molecule has 0 saturated carbocycles. The van der Waals surface area contributed by atoms with E-state index in [4.69, 9.17) is 32.7 Å².